The SMILES string of the molecule is CC1=C(C)C(C(P)(C(C)(C)C)C(C)(C)C)C([SiH3])=C1C. The van der Waals surface area contributed by atoms with Gasteiger partial charge in [-0.25, -0.2) is 0 Å². The van der Waals surface area contributed by atoms with E-state index in [4.69, 9.17) is 0 Å². The fraction of sp³-hybridized carbons (Fsp3) is 0.765. The van der Waals surface area contributed by atoms with Gasteiger partial charge in [0.05, 0.1) is 0 Å². The van der Waals surface area contributed by atoms with Gasteiger partial charge >= 0.3 is 0 Å². The summed E-state index contributed by atoms with van der Waals surface area (Å²) in [5.74, 6) is 0.601. The van der Waals surface area contributed by atoms with Gasteiger partial charge in [0.1, 0.15) is 0 Å². The average Bonchev–Trinajstić information content (AvgIpc) is 2.39. The summed E-state index contributed by atoms with van der Waals surface area (Å²) in [6.07, 6.45) is 0. The summed E-state index contributed by atoms with van der Waals surface area (Å²) in [5, 5.41) is 1.90. The molecule has 0 saturated heterocycles. The highest BCUT2D eigenvalue weighted by molar-refractivity contribution is 7.19. The Labute approximate surface area is 126 Å². The van der Waals surface area contributed by atoms with Crippen molar-refractivity contribution < 1.29 is 0 Å². The van der Waals surface area contributed by atoms with Crippen molar-refractivity contribution in [2.24, 2.45) is 16.7 Å². The second kappa shape index (κ2) is 4.85. The molecule has 2 atom stereocenters. The maximum absolute atomic E-state index is 3.29. The Morgan fingerprint density at radius 3 is 1.42 bits per heavy atom. The van der Waals surface area contributed by atoms with E-state index >= 15 is 0 Å². The Balaban J connectivity index is 3.56. The van der Waals surface area contributed by atoms with Crippen LogP contribution in [0, 0.1) is 16.7 Å². The van der Waals surface area contributed by atoms with E-state index in [-0.39, 0.29) is 16.0 Å². The topological polar surface area (TPSA) is 0 Å². The fourth-order valence-electron chi connectivity index (χ4n) is 4.02. The van der Waals surface area contributed by atoms with Gasteiger partial charge in [0, 0.05) is 21.3 Å². The van der Waals surface area contributed by atoms with E-state index in [0.29, 0.717) is 5.92 Å². The summed E-state index contributed by atoms with van der Waals surface area (Å²) in [7, 11) is 4.45. The molecule has 0 nitrogen and oxygen atoms in total. The third-order valence-electron chi connectivity index (χ3n) is 5.55. The Morgan fingerprint density at radius 1 is 0.842 bits per heavy atom. The zero-order valence-electron chi connectivity index (χ0n) is 14.7. The number of hydrogen-bond acceptors (Lipinski definition) is 0. The van der Waals surface area contributed by atoms with E-state index in [1.165, 1.54) is 15.8 Å². The molecule has 0 aromatic heterocycles. The molecule has 1 aliphatic carbocycles. The molecule has 1 rings (SSSR count). The number of allylic oxidation sites excluding steroid dienone is 4. The maximum atomic E-state index is 3.29. The molecule has 0 amide bonds. The van der Waals surface area contributed by atoms with Crippen LogP contribution >= 0.6 is 9.24 Å². The predicted octanol–water partition coefficient (Wildman–Crippen LogP) is 4.30. The normalized spacial score (nSPS) is 22.7. The summed E-state index contributed by atoms with van der Waals surface area (Å²) in [6.45, 7) is 21.4. The van der Waals surface area contributed by atoms with Gasteiger partial charge in [-0.2, -0.15) is 0 Å². The van der Waals surface area contributed by atoms with Crippen molar-refractivity contribution in [1.29, 1.82) is 0 Å². The molecule has 0 aromatic rings. The lowest BCUT2D eigenvalue weighted by molar-refractivity contribution is 0.111. The first kappa shape index (κ1) is 17.2. The van der Waals surface area contributed by atoms with Gasteiger partial charge < -0.3 is 0 Å². The van der Waals surface area contributed by atoms with E-state index in [9.17, 15) is 0 Å². The molecule has 110 valence electrons. The van der Waals surface area contributed by atoms with Crippen LogP contribution in [0.3, 0.4) is 0 Å². The first-order chi connectivity index (χ1) is 8.26. The van der Waals surface area contributed by atoms with Crippen molar-refractivity contribution in [2.45, 2.75) is 67.5 Å². The van der Waals surface area contributed by atoms with Gasteiger partial charge in [-0.3, -0.25) is 0 Å². The van der Waals surface area contributed by atoms with Crippen LogP contribution in [0.1, 0.15) is 62.3 Å². The molecule has 0 heterocycles. The lowest BCUT2D eigenvalue weighted by Gasteiger charge is -2.56. The molecule has 2 unspecified atom stereocenters. The van der Waals surface area contributed by atoms with Crippen molar-refractivity contribution in [3.8, 4) is 0 Å². The largest absolute Gasteiger partial charge is 0.129 e. The van der Waals surface area contributed by atoms with E-state index in [2.05, 4.69) is 71.6 Å². The zero-order valence-corrected chi connectivity index (χ0v) is 17.8. The molecular formula is C17H33PSi. The van der Waals surface area contributed by atoms with Gasteiger partial charge in [-0.1, -0.05) is 57.9 Å². The summed E-state index contributed by atoms with van der Waals surface area (Å²) in [5.41, 5.74) is 5.21. The van der Waals surface area contributed by atoms with Gasteiger partial charge in [0.15, 0.2) is 0 Å². The second-order valence-electron chi connectivity index (χ2n) is 8.42. The molecule has 2 heteroatoms. The molecule has 0 radical (unpaired) electrons. The molecule has 0 aromatic carbocycles. The van der Waals surface area contributed by atoms with Crippen molar-refractivity contribution in [3.05, 3.63) is 21.9 Å². The summed E-state index contributed by atoms with van der Waals surface area (Å²) >= 11 is 0. The molecule has 0 fully saturated rings. The highest BCUT2D eigenvalue weighted by Crippen LogP contribution is 2.60. The highest BCUT2D eigenvalue weighted by Gasteiger charge is 2.54. The molecule has 19 heavy (non-hydrogen) atoms. The number of rotatable bonds is 1. The molecule has 0 N–H and O–H groups in total. The maximum Gasteiger partial charge on any atom is 0.0345 e. The van der Waals surface area contributed by atoms with Crippen molar-refractivity contribution in [1.82, 2.24) is 0 Å². The zero-order chi connectivity index (χ0) is 15.4. The Hall–Kier alpha value is 0.127. The Kier molecular flexibility index (Phi) is 4.38. The molecule has 1 aliphatic rings. The third-order valence-corrected chi connectivity index (χ3v) is 8.94. The van der Waals surface area contributed by atoms with Crippen LogP contribution in [0.2, 0.25) is 0 Å². The monoisotopic (exact) mass is 296 g/mol. The van der Waals surface area contributed by atoms with Crippen LogP contribution in [0.25, 0.3) is 0 Å². The standard InChI is InChI=1S/C17H33PSi/c1-10-11(2)13(14(19)12(10)3)17(18,15(4,5)6)16(7,8)9/h13H,18H2,1-9,19H3. The van der Waals surface area contributed by atoms with Gasteiger partial charge in [-0.15, -0.1) is 9.24 Å². The quantitative estimate of drug-likeness (QED) is 0.500. The van der Waals surface area contributed by atoms with Crippen molar-refractivity contribution >= 4 is 19.5 Å². The lowest BCUT2D eigenvalue weighted by atomic mass is 9.59. The smallest absolute Gasteiger partial charge is 0.0345 e. The second-order valence-corrected chi connectivity index (χ2v) is 10.4. The van der Waals surface area contributed by atoms with Crippen LogP contribution in [-0.2, 0) is 0 Å². The van der Waals surface area contributed by atoms with Crippen LogP contribution in [-0.4, -0.2) is 15.4 Å². The molecule has 0 saturated carbocycles. The van der Waals surface area contributed by atoms with Crippen LogP contribution in [0.4, 0.5) is 0 Å². The lowest BCUT2D eigenvalue weighted by Crippen LogP contribution is -2.54. The fourth-order valence-corrected chi connectivity index (χ4v) is 6.12. The van der Waals surface area contributed by atoms with E-state index < -0.39 is 0 Å². The number of hydrogen-bond donors (Lipinski definition) is 0. The van der Waals surface area contributed by atoms with Crippen molar-refractivity contribution in [3.63, 3.8) is 0 Å². The molecule has 0 aliphatic heterocycles. The summed E-state index contributed by atoms with van der Waals surface area (Å²) in [4.78, 5) is 0. The Morgan fingerprint density at radius 2 is 1.21 bits per heavy atom. The minimum absolute atomic E-state index is 0.195. The minimum atomic E-state index is 0.195. The molecule has 0 spiro atoms. The van der Waals surface area contributed by atoms with Gasteiger partial charge in [0.2, 0.25) is 0 Å². The third kappa shape index (κ3) is 2.42. The van der Waals surface area contributed by atoms with E-state index in [1.807, 2.05) is 0 Å². The first-order valence-corrected chi connectivity index (χ1v) is 8.98. The first-order valence-electron chi connectivity index (χ1n) is 7.40. The van der Waals surface area contributed by atoms with Gasteiger partial charge in [0.25, 0.3) is 0 Å². The van der Waals surface area contributed by atoms with Crippen LogP contribution in [0.5, 0.6) is 0 Å². The molecule has 0 bridgehead atoms. The van der Waals surface area contributed by atoms with Crippen molar-refractivity contribution in [2.75, 3.05) is 0 Å². The summed E-state index contributed by atoms with van der Waals surface area (Å²) < 4.78 is 0. The average molecular weight is 297 g/mol. The molecular weight excluding hydrogens is 263 g/mol. The van der Waals surface area contributed by atoms with Crippen LogP contribution < -0.4 is 0 Å². The predicted molar refractivity (Wildman–Crippen MR) is 95.9 cm³/mol. The van der Waals surface area contributed by atoms with E-state index in [1.54, 1.807) is 16.3 Å². The van der Waals surface area contributed by atoms with E-state index in [0.717, 1.165) is 0 Å². The minimum Gasteiger partial charge on any atom is -0.129 e. The van der Waals surface area contributed by atoms with Gasteiger partial charge in [-0.05, 0) is 37.2 Å². The Bertz CT molecular complexity index is 403. The van der Waals surface area contributed by atoms with Crippen LogP contribution in [0.15, 0.2) is 21.9 Å². The summed E-state index contributed by atoms with van der Waals surface area (Å²) in [6, 6.07) is 0. The highest BCUT2D eigenvalue weighted by atomic mass is 31.0.